The van der Waals surface area contributed by atoms with Crippen LogP contribution in [-0.2, 0) is 13.6 Å². The summed E-state index contributed by atoms with van der Waals surface area (Å²) < 4.78 is 8.81. The molecule has 3 aromatic rings. The summed E-state index contributed by atoms with van der Waals surface area (Å²) in [5.74, 6) is -0.0502. The van der Waals surface area contributed by atoms with Gasteiger partial charge in [-0.25, -0.2) is 4.98 Å². The number of amides is 2. The molecule has 9 heteroatoms. The van der Waals surface area contributed by atoms with Crippen LogP contribution in [0.3, 0.4) is 0 Å². The molecule has 0 fully saturated rings. The zero-order valence-electron chi connectivity index (χ0n) is 15.7. The lowest BCUT2D eigenvalue weighted by Gasteiger charge is -2.11. The van der Waals surface area contributed by atoms with Gasteiger partial charge in [-0.05, 0) is 31.5 Å². The van der Waals surface area contributed by atoms with Gasteiger partial charge in [0, 0.05) is 19.2 Å². The molecule has 0 aliphatic carbocycles. The van der Waals surface area contributed by atoms with Crippen molar-refractivity contribution in [2.45, 2.75) is 26.8 Å². The number of aromatic nitrogens is 4. The predicted octanol–water partition coefficient (Wildman–Crippen LogP) is 1.85. The first-order chi connectivity index (χ1) is 12.8. The Morgan fingerprint density at radius 2 is 2.04 bits per heavy atom. The van der Waals surface area contributed by atoms with Crippen LogP contribution in [0.4, 0.5) is 5.95 Å². The minimum atomic E-state index is -0.573. The molecule has 0 radical (unpaired) electrons. The smallest absolute Gasteiger partial charge is 0.276 e. The van der Waals surface area contributed by atoms with Crippen molar-refractivity contribution in [3.63, 3.8) is 0 Å². The average Bonchev–Trinajstić information content (AvgIpc) is 3.13. The highest BCUT2D eigenvalue weighted by molar-refractivity contribution is 6.04. The number of benzene rings is 1. The van der Waals surface area contributed by atoms with Gasteiger partial charge in [-0.1, -0.05) is 6.92 Å². The Kier molecular flexibility index (Phi) is 4.85. The molecule has 0 aliphatic heterocycles. The molecule has 1 aromatic carbocycles. The highest BCUT2D eigenvalue weighted by Crippen LogP contribution is 2.31. The molecule has 0 unspecified atom stereocenters. The van der Waals surface area contributed by atoms with E-state index in [0.717, 1.165) is 12.1 Å². The van der Waals surface area contributed by atoms with Gasteiger partial charge in [0.25, 0.3) is 5.91 Å². The van der Waals surface area contributed by atoms with Gasteiger partial charge >= 0.3 is 0 Å². The summed E-state index contributed by atoms with van der Waals surface area (Å²) in [5.41, 5.74) is 8.08. The number of hydrogen-bond acceptors (Lipinski definition) is 5. The maximum atomic E-state index is 12.7. The number of nitrogens with two attached hydrogens (primary N) is 1. The molecule has 0 spiro atoms. The minimum Gasteiger partial charge on any atom is -0.494 e. The molecular formula is C18H22N6O3. The summed E-state index contributed by atoms with van der Waals surface area (Å²) >= 11 is 0. The lowest BCUT2D eigenvalue weighted by Crippen LogP contribution is -2.19. The third-order valence-electron chi connectivity index (χ3n) is 4.22. The van der Waals surface area contributed by atoms with E-state index in [1.54, 1.807) is 25.2 Å². The van der Waals surface area contributed by atoms with Crippen LogP contribution in [0.1, 0.15) is 39.9 Å². The number of fused-ring (bicyclic) bond motifs is 1. The second-order valence-corrected chi connectivity index (χ2v) is 6.25. The van der Waals surface area contributed by atoms with Crippen LogP contribution in [0.25, 0.3) is 11.0 Å². The quantitative estimate of drug-likeness (QED) is 0.687. The number of hydrogen-bond donors (Lipinski definition) is 2. The normalized spacial score (nSPS) is 11.0. The second kappa shape index (κ2) is 7.10. The number of primary amides is 1. The fraction of sp³-hybridized carbons (Fsp3) is 0.333. The van der Waals surface area contributed by atoms with E-state index in [4.69, 9.17) is 10.5 Å². The molecule has 2 aromatic heterocycles. The van der Waals surface area contributed by atoms with Crippen molar-refractivity contribution in [1.29, 1.82) is 0 Å². The molecule has 142 valence electrons. The molecule has 0 saturated carbocycles. The molecule has 0 atom stereocenters. The largest absolute Gasteiger partial charge is 0.494 e. The van der Waals surface area contributed by atoms with E-state index in [1.807, 2.05) is 18.4 Å². The van der Waals surface area contributed by atoms with E-state index in [2.05, 4.69) is 15.4 Å². The molecule has 27 heavy (non-hydrogen) atoms. The lowest BCUT2D eigenvalue weighted by molar-refractivity contribution is 0.0996. The summed E-state index contributed by atoms with van der Waals surface area (Å²) in [7, 11) is 3.22. The second-order valence-electron chi connectivity index (χ2n) is 6.25. The van der Waals surface area contributed by atoms with Crippen LogP contribution in [0, 0.1) is 6.92 Å². The zero-order valence-corrected chi connectivity index (χ0v) is 15.7. The van der Waals surface area contributed by atoms with Crippen LogP contribution in [0.5, 0.6) is 5.75 Å². The molecular weight excluding hydrogens is 348 g/mol. The Balaban J connectivity index is 2.11. The molecule has 2 heterocycles. The number of imidazole rings is 1. The van der Waals surface area contributed by atoms with Crippen LogP contribution >= 0.6 is 0 Å². The predicted molar refractivity (Wildman–Crippen MR) is 101 cm³/mol. The molecule has 9 nitrogen and oxygen atoms in total. The summed E-state index contributed by atoms with van der Waals surface area (Å²) in [6.45, 7) is 4.45. The standard InChI is InChI=1S/C18H22N6O3/c1-5-6-24-15-12(8-11(16(19)25)9-14(15)27-4)20-18(24)21-17(26)13-7-10(2)22-23(13)3/h7-9H,5-6H2,1-4H3,(H2,19,25)(H,20,21,26). The van der Waals surface area contributed by atoms with Gasteiger partial charge < -0.3 is 15.0 Å². The number of nitrogens with zero attached hydrogens (tertiary/aromatic N) is 4. The maximum absolute atomic E-state index is 12.7. The van der Waals surface area contributed by atoms with E-state index in [-0.39, 0.29) is 5.91 Å². The Hall–Kier alpha value is -3.36. The number of aryl methyl sites for hydroxylation is 3. The van der Waals surface area contributed by atoms with Crippen LogP contribution < -0.4 is 15.8 Å². The van der Waals surface area contributed by atoms with Gasteiger partial charge in [0.1, 0.15) is 17.0 Å². The first kappa shape index (κ1) is 18.4. The van der Waals surface area contributed by atoms with Gasteiger partial charge in [0.15, 0.2) is 0 Å². The average molecular weight is 370 g/mol. The van der Waals surface area contributed by atoms with Crippen molar-refractivity contribution in [3.05, 3.63) is 35.2 Å². The molecule has 3 N–H and O–H groups in total. The zero-order chi connectivity index (χ0) is 19.7. The Morgan fingerprint density at radius 1 is 1.30 bits per heavy atom. The monoisotopic (exact) mass is 370 g/mol. The Labute approximate surface area is 156 Å². The van der Waals surface area contributed by atoms with E-state index >= 15 is 0 Å². The first-order valence-corrected chi connectivity index (χ1v) is 8.55. The van der Waals surface area contributed by atoms with Crippen molar-refractivity contribution in [2.75, 3.05) is 12.4 Å². The Morgan fingerprint density at radius 3 is 2.59 bits per heavy atom. The van der Waals surface area contributed by atoms with Crippen molar-refractivity contribution in [2.24, 2.45) is 12.8 Å². The SMILES string of the molecule is CCCn1c(NC(=O)c2cc(C)nn2C)nc2cc(C(N)=O)cc(OC)c21. The number of carbonyl (C=O) groups excluding carboxylic acids is 2. The highest BCUT2D eigenvalue weighted by Gasteiger charge is 2.20. The third kappa shape index (κ3) is 3.35. The number of methoxy groups -OCH3 is 1. The Bertz CT molecular complexity index is 1030. The van der Waals surface area contributed by atoms with Crippen molar-refractivity contribution >= 4 is 28.8 Å². The van der Waals surface area contributed by atoms with Gasteiger partial charge in [0.05, 0.1) is 18.3 Å². The van der Waals surface area contributed by atoms with E-state index in [0.29, 0.717) is 40.5 Å². The van der Waals surface area contributed by atoms with Gasteiger partial charge in [0.2, 0.25) is 11.9 Å². The van der Waals surface area contributed by atoms with Crippen molar-refractivity contribution in [1.82, 2.24) is 19.3 Å². The van der Waals surface area contributed by atoms with Crippen molar-refractivity contribution in [3.8, 4) is 5.75 Å². The van der Waals surface area contributed by atoms with E-state index in [9.17, 15) is 9.59 Å². The number of nitrogens with one attached hydrogen (secondary N) is 1. The summed E-state index contributed by atoms with van der Waals surface area (Å²) in [4.78, 5) is 28.8. The van der Waals surface area contributed by atoms with E-state index in [1.165, 1.54) is 11.8 Å². The number of rotatable bonds is 6. The summed E-state index contributed by atoms with van der Waals surface area (Å²) in [6, 6.07) is 4.87. The van der Waals surface area contributed by atoms with Crippen LogP contribution in [-0.4, -0.2) is 38.3 Å². The van der Waals surface area contributed by atoms with Crippen molar-refractivity contribution < 1.29 is 14.3 Å². The summed E-state index contributed by atoms with van der Waals surface area (Å²) in [6.07, 6.45) is 0.819. The van der Waals surface area contributed by atoms with Gasteiger partial charge in [-0.3, -0.25) is 19.6 Å². The topological polar surface area (TPSA) is 117 Å². The maximum Gasteiger partial charge on any atom is 0.276 e. The fourth-order valence-corrected chi connectivity index (χ4v) is 3.05. The lowest BCUT2D eigenvalue weighted by atomic mass is 10.1. The van der Waals surface area contributed by atoms with Crippen LogP contribution in [0.2, 0.25) is 0 Å². The molecule has 3 rings (SSSR count). The first-order valence-electron chi connectivity index (χ1n) is 8.55. The van der Waals surface area contributed by atoms with E-state index < -0.39 is 5.91 Å². The molecule has 0 aliphatic rings. The number of ether oxygens (including phenoxy) is 1. The highest BCUT2D eigenvalue weighted by atomic mass is 16.5. The summed E-state index contributed by atoms with van der Waals surface area (Å²) in [5, 5.41) is 7.03. The number of anilines is 1. The van der Waals surface area contributed by atoms with Gasteiger partial charge in [-0.15, -0.1) is 0 Å². The molecule has 2 amide bonds. The molecule has 0 bridgehead atoms. The minimum absolute atomic E-state index is 0.292. The fourth-order valence-electron chi connectivity index (χ4n) is 3.05. The van der Waals surface area contributed by atoms with Gasteiger partial charge in [-0.2, -0.15) is 5.10 Å². The van der Waals surface area contributed by atoms with Crippen LogP contribution in [0.15, 0.2) is 18.2 Å². The number of carbonyl (C=O) groups is 2. The third-order valence-corrected chi connectivity index (χ3v) is 4.22. The molecule has 0 saturated heterocycles.